The summed E-state index contributed by atoms with van der Waals surface area (Å²) in [6.07, 6.45) is 0. The molecule has 2 heterocycles. The van der Waals surface area contributed by atoms with E-state index in [1.165, 1.54) is 0 Å². The molecule has 5 nitrogen and oxygen atoms in total. The highest BCUT2D eigenvalue weighted by Gasteiger charge is 2.14. The van der Waals surface area contributed by atoms with Crippen LogP contribution < -0.4 is 0 Å². The first kappa shape index (κ1) is 30.7. The van der Waals surface area contributed by atoms with Crippen molar-refractivity contribution in [3.05, 3.63) is 181 Å². The molecule has 0 fully saturated rings. The summed E-state index contributed by atoms with van der Waals surface area (Å²) in [7, 11) is 0. The van der Waals surface area contributed by atoms with Crippen molar-refractivity contribution in [1.82, 2.24) is 19.9 Å². The molecule has 242 valence electrons. The highest BCUT2D eigenvalue weighted by Crippen LogP contribution is 2.34. The molecule has 0 spiro atoms. The van der Waals surface area contributed by atoms with E-state index in [0.29, 0.717) is 17.2 Å². The molecule has 0 radical (unpaired) electrons. The smallest absolute Gasteiger partial charge is 0.160 e. The van der Waals surface area contributed by atoms with Crippen LogP contribution in [0.2, 0.25) is 0 Å². The van der Waals surface area contributed by atoms with Gasteiger partial charge in [0.1, 0.15) is 0 Å². The fraction of sp³-hybridized carbons (Fsp3) is 0. The number of para-hydroxylation sites is 2. The number of fused-ring (bicyclic) bond motifs is 2. The Morgan fingerprint density at radius 1 is 0.346 bits per heavy atom. The third-order valence-electron chi connectivity index (χ3n) is 9.37. The van der Waals surface area contributed by atoms with Crippen molar-refractivity contribution in [2.45, 2.75) is 0 Å². The average molecular weight is 664 g/mol. The van der Waals surface area contributed by atoms with Gasteiger partial charge in [0.15, 0.2) is 11.6 Å². The van der Waals surface area contributed by atoms with Gasteiger partial charge in [0.05, 0.1) is 34.1 Å². The Bertz CT molecular complexity index is 2770. The van der Waals surface area contributed by atoms with Crippen molar-refractivity contribution in [1.29, 1.82) is 5.26 Å². The summed E-state index contributed by atoms with van der Waals surface area (Å²) in [6.45, 7) is 0. The second-order valence-corrected chi connectivity index (χ2v) is 12.6. The molecule has 0 aliphatic rings. The summed E-state index contributed by atoms with van der Waals surface area (Å²) in [6, 6.07) is 61.5. The predicted octanol–water partition coefficient (Wildman–Crippen LogP) is 11.4. The highest BCUT2D eigenvalue weighted by atomic mass is 14.9. The summed E-state index contributed by atoms with van der Waals surface area (Å²) in [4.78, 5) is 19.8. The highest BCUT2D eigenvalue weighted by molar-refractivity contribution is 5.95. The number of nitriles is 1. The lowest BCUT2D eigenvalue weighted by Gasteiger charge is -2.12. The van der Waals surface area contributed by atoms with Gasteiger partial charge in [0.2, 0.25) is 0 Å². The predicted molar refractivity (Wildman–Crippen MR) is 210 cm³/mol. The van der Waals surface area contributed by atoms with E-state index in [2.05, 4.69) is 60.7 Å². The molecular formula is C47H29N5. The molecule has 0 atom stereocenters. The monoisotopic (exact) mass is 663 g/mol. The standard InChI is InChI=1S/C47H29N5/c48-30-38-29-37(31-19-23-34(24-20-31)45-41-16-8-10-18-43(41)49-46(52-45)35-13-5-2-6-14-35)27-28-39(38)32-21-25-36(26-22-32)47-50-42-17-9-7-15-40(42)44(51-47)33-11-3-1-4-12-33/h1-29H. The maximum absolute atomic E-state index is 10.3. The van der Waals surface area contributed by atoms with E-state index in [4.69, 9.17) is 19.9 Å². The van der Waals surface area contributed by atoms with Crippen LogP contribution in [0.4, 0.5) is 0 Å². The van der Waals surface area contributed by atoms with Crippen molar-refractivity contribution in [3.63, 3.8) is 0 Å². The summed E-state index contributed by atoms with van der Waals surface area (Å²) in [5.41, 5.74) is 12.0. The minimum absolute atomic E-state index is 0.608. The summed E-state index contributed by atoms with van der Waals surface area (Å²) >= 11 is 0. The lowest BCUT2D eigenvalue weighted by Crippen LogP contribution is -1.95. The van der Waals surface area contributed by atoms with E-state index in [-0.39, 0.29) is 0 Å². The second-order valence-electron chi connectivity index (χ2n) is 12.6. The van der Waals surface area contributed by atoms with Gasteiger partial charge in [-0.1, -0.05) is 158 Å². The second kappa shape index (κ2) is 13.2. The number of nitrogens with zero attached hydrogens (tertiary/aromatic N) is 5. The topological polar surface area (TPSA) is 75.3 Å². The van der Waals surface area contributed by atoms with Gasteiger partial charge in [-0.15, -0.1) is 0 Å². The Hall–Kier alpha value is -7.29. The van der Waals surface area contributed by atoms with E-state index in [1.54, 1.807) is 0 Å². The first-order valence-corrected chi connectivity index (χ1v) is 17.1. The number of rotatable bonds is 6. The van der Waals surface area contributed by atoms with Gasteiger partial charge in [-0.25, -0.2) is 19.9 Å². The molecule has 9 rings (SSSR count). The van der Waals surface area contributed by atoms with E-state index < -0.39 is 0 Å². The fourth-order valence-electron chi connectivity index (χ4n) is 6.72. The number of benzene rings is 7. The Kier molecular flexibility index (Phi) is 7.81. The van der Waals surface area contributed by atoms with Gasteiger partial charge in [-0.05, 0) is 40.5 Å². The normalized spacial score (nSPS) is 11.1. The number of aromatic nitrogens is 4. The number of hydrogen-bond acceptors (Lipinski definition) is 5. The zero-order chi connectivity index (χ0) is 34.9. The lowest BCUT2D eigenvalue weighted by atomic mass is 9.94. The Balaban J connectivity index is 1.02. The molecule has 0 saturated carbocycles. The van der Waals surface area contributed by atoms with Crippen LogP contribution in [-0.4, -0.2) is 19.9 Å². The Labute approximate surface area is 301 Å². The van der Waals surface area contributed by atoms with Gasteiger partial charge in [-0.2, -0.15) is 5.26 Å². The van der Waals surface area contributed by atoms with Crippen LogP contribution in [0.1, 0.15) is 5.56 Å². The summed E-state index contributed by atoms with van der Waals surface area (Å²) in [5.74, 6) is 1.36. The molecule has 2 aromatic heterocycles. The summed E-state index contributed by atoms with van der Waals surface area (Å²) < 4.78 is 0. The van der Waals surface area contributed by atoms with Crippen molar-refractivity contribution < 1.29 is 0 Å². The molecule has 0 N–H and O–H groups in total. The molecule has 52 heavy (non-hydrogen) atoms. The molecule has 0 aliphatic carbocycles. The van der Waals surface area contributed by atoms with Gasteiger partial charge < -0.3 is 0 Å². The molecule has 0 saturated heterocycles. The van der Waals surface area contributed by atoms with Crippen LogP contribution in [0.15, 0.2) is 176 Å². The van der Waals surface area contributed by atoms with E-state index >= 15 is 0 Å². The number of hydrogen-bond donors (Lipinski definition) is 0. The molecule has 7 aromatic carbocycles. The van der Waals surface area contributed by atoms with Crippen LogP contribution >= 0.6 is 0 Å². The van der Waals surface area contributed by atoms with Crippen molar-refractivity contribution in [3.8, 4) is 73.6 Å². The van der Waals surface area contributed by atoms with Crippen molar-refractivity contribution >= 4 is 21.8 Å². The molecule has 0 bridgehead atoms. The van der Waals surface area contributed by atoms with E-state index in [0.717, 1.165) is 77.7 Å². The maximum Gasteiger partial charge on any atom is 0.160 e. The van der Waals surface area contributed by atoms with E-state index in [9.17, 15) is 5.26 Å². The van der Waals surface area contributed by atoms with Crippen molar-refractivity contribution in [2.24, 2.45) is 0 Å². The molecule has 9 aromatic rings. The first-order valence-electron chi connectivity index (χ1n) is 17.1. The van der Waals surface area contributed by atoms with Gasteiger partial charge >= 0.3 is 0 Å². The Morgan fingerprint density at radius 2 is 0.769 bits per heavy atom. The van der Waals surface area contributed by atoms with Crippen LogP contribution in [0.25, 0.3) is 89.4 Å². The molecular weight excluding hydrogens is 635 g/mol. The third-order valence-corrected chi connectivity index (χ3v) is 9.37. The molecule has 0 aliphatic heterocycles. The SMILES string of the molecule is N#Cc1cc(-c2ccc(-c3nc(-c4ccccc4)nc4ccccc34)cc2)ccc1-c1ccc(-c2nc(-c3ccccc3)c3ccccc3n2)cc1. The molecule has 0 unspecified atom stereocenters. The lowest BCUT2D eigenvalue weighted by molar-refractivity contribution is 1.23. The van der Waals surface area contributed by atoms with Gasteiger partial charge in [0.25, 0.3) is 0 Å². The quantitative estimate of drug-likeness (QED) is 0.177. The van der Waals surface area contributed by atoms with Gasteiger partial charge in [-0.3, -0.25) is 0 Å². The third kappa shape index (κ3) is 5.75. The van der Waals surface area contributed by atoms with Crippen molar-refractivity contribution in [2.75, 3.05) is 0 Å². The zero-order valence-corrected chi connectivity index (χ0v) is 28.0. The largest absolute Gasteiger partial charge is 0.228 e. The summed E-state index contributed by atoms with van der Waals surface area (Å²) in [5, 5.41) is 12.3. The van der Waals surface area contributed by atoms with Crippen LogP contribution in [0, 0.1) is 11.3 Å². The van der Waals surface area contributed by atoms with E-state index in [1.807, 2.05) is 121 Å². The molecule has 0 amide bonds. The van der Waals surface area contributed by atoms with Gasteiger partial charge in [0, 0.05) is 33.0 Å². The zero-order valence-electron chi connectivity index (χ0n) is 28.0. The minimum Gasteiger partial charge on any atom is -0.228 e. The maximum atomic E-state index is 10.3. The van der Waals surface area contributed by atoms with Crippen LogP contribution in [0.3, 0.4) is 0 Å². The van der Waals surface area contributed by atoms with Crippen LogP contribution in [-0.2, 0) is 0 Å². The van der Waals surface area contributed by atoms with Crippen LogP contribution in [0.5, 0.6) is 0 Å². The first-order chi connectivity index (χ1) is 25.7. The average Bonchev–Trinajstić information content (AvgIpc) is 3.23. The Morgan fingerprint density at radius 3 is 1.35 bits per heavy atom. The minimum atomic E-state index is 0.608. The fourth-order valence-corrected chi connectivity index (χ4v) is 6.72. The molecule has 5 heteroatoms.